The van der Waals surface area contributed by atoms with Crippen LogP contribution in [0, 0.1) is 0 Å². The summed E-state index contributed by atoms with van der Waals surface area (Å²) in [5.74, 6) is 0.611. The lowest BCUT2D eigenvalue weighted by Gasteiger charge is -2.40. The number of fused-ring (bicyclic) bond motifs is 2. The van der Waals surface area contributed by atoms with E-state index in [4.69, 9.17) is 0 Å². The van der Waals surface area contributed by atoms with Crippen LogP contribution in [0.15, 0.2) is 42.6 Å². The molecule has 2 aromatic rings. The van der Waals surface area contributed by atoms with E-state index < -0.39 is 0 Å². The SMILES string of the molecule is Cn1cccc1C(=O)N1CCC2(CC1)C[C@@H](CC(=O)NC1CC1)c1ccccc12. The zero-order chi connectivity index (χ0) is 20.0. The molecule has 1 atom stereocenters. The molecule has 1 aromatic heterocycles. The van der Waals surface area contributed by atoms with Crippen molar-refractivity contribution < 1.29 is 9.59 Å². The molecule has 5 nitrogen and oxygen atoms in total. The zero-order valence-electron chi connectivity index (χ0n) is 17.1. The van der Waals surface area contributed by atoms with Gasteiger partial charge in [0.15, 0.2) is 0 Å². The van der Waals surface area contributed by atoms with Crippen molar-refractivity contribution in [2.75, 3.05) is 13.1 Å². The number of hydrogen-bond donors (Lipinski definition) is 1. The monoisotopic (exact) mass is 391 g/mol. The van der Waals surface area contributed by atoms with Crippen molar-refractivity contribution >= 4 is 11.8 Å². The number of hydrogen-bond acceptors (Lipinski definition) is 2. The highest BCUT2D eigenvalue weighted by molar-refractivity contribution is 5.92. The normalized spacial score (nSPS) is 22.5. The largest absolute Gasteiger partial charge is 0.353 e. The quantitative estimate of drug-likeness (QED) is 0.869. The van der Waals surface area contributed by atoms with Gasteiger partial charge in [0.2, 0.25) is 5.91 Å². The molecule has 5 rings (SSSR count). The smallest absolute Gasteiger partial charge is 0.270 e. The minimum Gasteiger partial charge on any atom is -0.353 e. The fourth-order valence-corrected chi connectivity index (χ4v) is 5.40. The molecular weight excluding hydrogens is 362 g/mol. The Labute approximate surface area is 172 Å². The van der Waals surface area contributed by atoms with Gasteiger partial charge in [0.25, 0.3) is 5.91 Å². The van der Waals surface area contributed by atoms with Crippen LogP contribution in [-0.4, -0.2) is 40.4 Å². The summed E-state index contributed by atoms with van der Waals surface area (Å²) in [6, 6.07) is 12.9. The average molecular weight is 392 g/mol. The van der Waals surface area contributed by atoms with Crippen LogP contribution in [0.4, 0.5) is 0 Å². The summed E-state index contributed by atoms with van der Waals surface area (Å²) in [4.78, 5) is 27.4. The van der Waals surface area contributed by atoms with Crippen molar-refractivity contribution in [3.63, 3.8) is 0 Å². The number of carbonyl (C=O) groups is 2. The Balaban J connectivity index is 1.31. The molecule has 1 spiro atoms. The number of nitrogens with one attached hydrogen (secondary N) is 1. The van der Waals surface area contributed by atoms with Gasteiger partial charge in [-0.15, -0.1) is 0 Å². The highest BCUT2D eigenvalue weighted by Gasteiger charge is 2.46. The van der Waals surface area contributed by atoms with Crippen molar-refractivity contribution in [3.05, 3.63) is 59.4 Å². The fraction of sp³-hybridized carbons (Fsp3) is 0.500. The van der Waals surface area contributed by atoms with Gasteiger partial charge < -0.3 is 14.8 Å². The number of aryl methyl sites for hydroxylation is 1. The molecule has 1 aromatic carbocycles. The molecule has 152 valence electrons. The first-order valence-corrected chi connectivity index (χ1v) is 10.9. The van der Waals surface area contributed by atoms with Crippen molar-refractivity contribution in [1.29, 1.82) is 0 Å². The Kier molecular flexibility index (Phi) is 4.49. The predicted molar refractivity (Wildman–Crippen MR) is 112 cm³/mol. The third-order valence-electron chi connectivity index (χ3n) is 7.15. The van der Waals surface area contributed by atoms with Gasteiger partial charge in [0.1, 0.15) is 5.69 Å². The van der Waals surface area contributed by atoms with E-state index in [-0.39, 0.29) is 17.2 Å². The summed E-state index contributed by atoms with van der Waals surface area (Å²) < 4.78 is 1.89. The molecule has 1 saturated carbocycles. The van der Waals surface area contributed by atoms with Gasteiger partial charge in [0.05, 0.1) is 0 Å². The maximum absolute atomic E-state index is 12.9. The van der Waals surface area contributed by atoms with E-state index in [1.54, 1.807) is 0 Å². The van der Waals surface area contributed by atoms with Crippen LogP contribution >= 0.6 is 0 Å². The van der Waals surface area contributed by atoms with Gasteiger partial charge in [-0.1, -0.05) is 24.3 Å². The van der Waals surface area contributed by atoms with Crippen molar-refractivity contribution in [1.82, 2.24) is 14.8 Å². The second kappa shape index (κ2) is 7.05. The topological polar surface area (TPSA) is 54.3 Å². The second-order valence-corrected chi connectivity index (χ2v) is 9.11. The van der Waals surface area contributed by atoms with Crippen molar-refractivity contribution in [3.8, 4) is 0 Å². The van der Waals surface area contributed by atoms with Crippen molar-refractivity contribution in [2.45, 2.75) is 55.9 Å². The lowest BCUT2D eigenvalue weighted by molar-refractivity contribution is -0.121. The number of carbonyl (C=O) groups excluding carboxylic acids is 2. The van der Waals surface area contributed by atoms with Gasteiger partial charge in [-0.05, 0) is 66.7 Å². The Hall–Kier alpha value is -2.56. The van der Waals surface area contributed by atoms with Crippen LogP contribution in [-0.2, 0) is 17.3 Å². The number of nitrogens with zero attached hydrogens (tertiary/aromatic N) is 2. The summed E-state index contributed by atoms with van der Waals surface area (Å²) in [5, 5.41) is 3.15. The third-order valence-corrected chi connectivity index (χ3v) is 7.15. The zero-order valence-corrected chi connectivity index (χ0v) is 17.1. The van der Waals surface area contributed by atoms with Gasteiger partial charge in [-0.3, -0.25) is 9.59 Å². The Bertz CT molecular complexity index is 935. The molecule has 29 heavy (non-hydrogen) atoms. The van der Waals surface area contributed by atoms with Crippen LogP contribution in [0.25, 0.3) is 0 Å². The predicted octanol–water partition coefficient (Wildman–Crippen LogP) is 3.36. The molecule has 0 radical (unpaired) electrons. The maximum atomic E-state index is 12.9. The van der Waals surface area contributed by atoms with E-state index >= 15 is 0 Å². The van der Waals surface area contributed by atoms with Gasteiger partial charge in [0, 0.05) is 38.8 Å². The first-order chi connectivity index (χ1) is 14.1. The van der Waals surface area contributed by atoms with Crippen LogP contribution < -0.4 is 5.32 Å². The molecule has 2 aliphatic carbocycles. The number of rotatable bonds is 4. The highest BCUT2D eigenvalue weighted by Crippen LogP contribution is 2.52. The van der Waals surface area contributed by atoms with E-state index in [2.05, 4.69) is 29.6 Å². The molecule has 0 bridgehead atoms. The number of aromatic nitrogens is 1. The summed E-state index contributed by atoms with van der Waals surface area (Å²) in [7, 11) is 1.92. The molecule has 5 heteroatoms. The molecule has 2 amide bonds. The second-order valence-electron chi connectivity index (χ2n) is 9.11. The number of amides is 2. The Morgan fingerprint density at radius 2 is 1.86 bits per heavy atom. The first-order valence-electron chi connectivity index (χ1n) is 10.9. The van der Waals surface area contributed by atoms with E-state index in [0.29, 0.717) is 18.4 Å². The lowest BCUT2D eigenvalue weighted by atomic mass is 9.73. The van der Waals surface area contributed by atoms with Crippen LogP contribution in [0.3, 0.4) is 0 Å². The molecular formula is C24H29N3O2. The standard InChI is InChI=1S/C24H29N3O2/c1-26-12-4-7-21(26)23(29)27-13-10-24(11-14-27)16-17(15-22(28)25-18-8-9-18)19-5-2-3-6-20(19)24/h2-7,12,17-18H,8-11,13-16H2,1H3,(H,25,28)/t17-/m1/s1. The molecule has 1 saturated heterocycles. The molecule has 2 fully saturated rings. The summed E-state index contributed by atoms with van der Waals surface area (Å²) in [6.45, 7) is 1.55. The average Bonchev–Trinajstić information content (AvgIpc) is 3.36. The van der Waals surface area contributed by atoms with Crippen LogP contribution in [0.1, 0.15) is 66.1 Å². The minimum atomic E-state index is 0.103. The number of likely N-dealkylation sites (tertiary alicyclic amines) is 1. The maximum Gasteiger partial charge on any atom is 0.270 e. The summed E-state index contributed by atoms with van der Waals surface area (Å²) in [6.07, 6.45) is 7.73. The minimum absolute atomic E-state index is 0.103. The molecule has 1 aliphatic heterocycles. The highest BCUT2D eigenvalue weighted by atomic mass is 16.2. The molecule has 2 heterocycles. The first kappa shape index (κ1) is 18.5. The molecule has 3 aliphatic rings. The number of benzene rings is 1. The van der Waals surface area contributed by atoms with Gasteiger partial charge in [-0.25, -0.2) is 0 Å². The Morgan fingerprint density at radius 1 is 1.10 bits per heavy atom. The fourth-order valence-electron chi connectivity index (χ4n) is 5.40. The summed E-state index contributed by atoms with van der Waals surface area (Å²) >= 11 is 0. The number of piperidine rings is 1. The van der Waals surface area contributed by atoms with Crippen LogP contribution in [0.2, 0.25) is 0 Å². The van der Waals surface area contributed by atoms with Crippen LogP contribution in [0.5, 0.6) is 0 Å². The lowest BCUT2D eigenvalue weighted by Crippen LogP contribution is -2.44. The van der Waals surface area contributed by atoms with Gasteiger partial charge >= 0.3 is 0 Å². The van der Waals surface area contributed by atoms with E-state index in [1.807, 2.05) is 34.8 Å². The van der Waals surface area contributed by atoms with E-state index in [0.717, 1.165) is 50.9 Å². The summed E-state index contributed by atoms with van der Waals surface area (Å²) in [5.41, 5.74) is 3.62. The Morgan fingerprint density at radius 3 is 2.55 bits per heavy atom. The van der Waals surface area contributed by atoms with E-state index in [1.165, 1.54) is 11.1 Å². The molecule has 1 N–H and O–H groups in total. The molecule has 0 unspecified atom stereocenters. The van der Waals surface area contributed by atoms with Crippen molar-refractivity contribution in [2.24, 2.45) is 7.05 Å². The van der Waals surface area contributed by atoms with Gasteiger partial charge in [-0.2, -0.15) is 0 Å². The third kappa shape index (κ3) is 3.37. The van der Waals surface area contributed by atoms with E-state index in [9.17, 15) is 9.59 Å².